The Morgan fingerprint density at radius 2 is 0.831 bits per heavy atom. The fraction of sp³-hybridized carbons (Fsp3) is 0.0816. The van der Waals surface area contributed by atoms with Crippen LogP contribution in [-0.4, -0.2) is 19.5 Å². The summed E-state index contributed by atoms with van der Waals surface area (Å²) < 4.78 is 171. The monoisotopic (exact) mass is 898 g/mol. The molecule has 7 aromatic carbocycles. The summed E-state index contributed by atoms with van der Waals surface area (Å²) in [5.41, 5.74) is -5.60. The molecule has 0 bridgehead atoms. The third kappa shape index (κ3) is 8.27. The molecule has 0 unspecified atom stereocenters. The molecule has 2 aromatic heterocycles. The van der Waals surface area contributed by atoms with E-state index in [2.05, 4.69) is 0 Å². The van der Waals surface area contributed by atoms with Crippen molar-refractivity contribution in [3.05, 3.63) is 180 Å². The zero-order valence-electron chi connectivity index (χ0n) is 32.8. The number of alkyl halides is 12. The average molecular weight is 899 g/mol. The minimum absolute atomic E-state index is 0.00231. The molecular formula is C49H26F12N4. The molecule has 9 rings (SSSR count). The number of aromatic nitrogens is 4. The molecule has 4 nitrogen and oxygen atoms in total. The van der Waals surface area contributed by atoms with E-state index in [1.165, 1.54) is 36.4 Å². The molecule has 9 aromatic rings. The zero-order valence-corrected chi connectivity index (χ0v) is 32.8. The largest absolute Gasteiger partial charge is 0.417 e. The van der Waals surface area contributed by atoms with E-state index in [1.807, 2.05) is 0 Å². The van der Waals surface area contributed by atoms with Gasteiger partial charge < -0.3 is 4.57 Å². The maximum absolute atomic E-state index is 14.7. The van der Waals surface area contributed by atoms with Gasteiger partial charge in [0.05, 0.1) is 39.0 Å². The van der Waals surface area contributed by atoms with Crippen LogP contribution in [0.25, 0.3) is 83.9 Å². The van der Waals surface area contributed by atoms with Crippen molar-refractivity contribution >= 4 is 21.8 Å². The number of hydrogen-bond acceptors (Lipinski definition) is 3. The predicted octanol–water partition coefficient (Wildman–Crippen LogP) is 15.4. The van der Waals surface area contributed by atoms with Gasteiger partial charge in [-0.05, 0) is 76.9 Å². The van der Waals surface area contributed by atoms with Gasteiger partial charge >= 0.3 is 24.7 Å². The van der Waals surface area contributed by atoms with E-state index in [1.54, 1.807) is 89.5 Å². The van der Waals surface area contributed by atoms with Crippen LogP contribution in [0.3, 0.4) is 0 Å². The quantitative estimate of drug-likeness (QED) is 0.156. The second-order valence-corrected chi connectivity index (χ2v) is 14.9. The number of benzene rings is 7. The van der Waals surface area contributed by atoms with Crippen LogP contribution in [0.4, 0.5) is 52.7 Å². The van der Waals surface area contributed by atoms with Crippen molar-refractivity contribution < 1.29 is 52.7 Å². The second kappa shape index (κ2) is 15.6. The first kappa shape index (κ1) is 42.8. The Balaban J connectivity index is 1.38. The molecule has 326 valence electrons. The SMILES string of the molecule is FC(F)(F)c1cc(-c2ccc3c4ccccc4n(-c4cc(-c5ccc(C(F)(F)F)cc5C(F)(F)F)ccc4-c4nc(-c5ccccc5)nc(-c5ccccc5)n4)c3c2)cc(C(F)(F)F)c1. The Labute approximate surface area is 360 Å². The smallest absolute Gasteiger partial charge is 0.308 e. The van der Waals surface area contributed by atoms with E-state index < -0.39 is 58.1 Å². The molecule has 0 atom stereocenters. The van der Waals surface area contributed by atoms with Crippen LogP contribution in [0.5, 0.6) is 0 Å². The van der Waals surface area contributed by atoms with E-state index in [9.17, 15) is 52.7 Å². The molecule has 0 saturated heterocycles. The van der Waals surface area contributed by atoms with Crippen LogP contribution >= 0.6 is 0 Å². The maximum Gasteiger partial charge on any atom is 0.417 e. The van der Waals surface area contributed by atoms with Crippen molar-refractivity contribution in [2.75, 3.05) is 0 Å². The van der Waals surface area contributed by atoms with E-state index >= 15 is 0 Å². The van der Waals surface area contributed by atoms with Crippen molar-refractivity contribution in [1.29, 1.82) is 0 Å². The summed E-state index contributed by atoms with van der Waals surface area (Å²) in [4.78, 5) is 14.3. The molecule has 2 heterocycles. The number of para-hydroxylation sites is 1. The Kier molecular flexibility index (Phi) is 10.3. The maximum atomic E-state index is 14.7. The van der Waals surface area contributed by atoms with Gasteiger partial charge in [0.15, 0.2) is 17.5 Å². The number of rotatable bonds is 6. The summed E-state index contributed by atoms with van der Waals surface area (Å²) in [5.74, 6) is 0.389. The molecular weight excluding hydrogens is 873 g/mol. The van der Waals surface area contributed by atoms with Crippen LogP contribution < -0.4 is 0 Å². The predicted molar refractivity (Wildman–Crippen MR) is 221 cm³/mol. The minimum Gasteiger partial charge on any atom is -0.308 e. The van der Waals surface area contributed by atoms with Gasteiger partial charge in [-0.15, -0.1) is 0 Å². The highest BCUT2D eigenvalue weighted by Crippen LogP contribution is 2.45. The molecule has 0 amide bonds. The lowest BCUT2D eigenvalue weighted by molar-refractivity contribution is -0.144. The minimum atomic E-state index is -5.26. The normalized spacial score (nSPS) is 12.6. The lowest BCUT2D eigenvalue weighted by atomic mass is 9.95. The van der Waals surface area contributed by atoms with Gasteiger partial charge in [-0.3, -0.25) is 0 Å². The number of nitrogens with zero attached hydrogens (tertiary/aromatic N) is 4. The van der Waals surface area contributed by atoms with Gasteiger partial charge in [-0.2, -0.15) is 52.7 Å². The van der Waals surface area contributed by atoms with Gasteiger partial charge in [0.2, 0.25) is 0 Å². The Morgan fingerprint density at radius 1 is 0.323 bits per heavy atom. The third-order valence-electron chi connectivity index (χ3n) is 10.7. The third-order valence-corrected chi connectivity index (χ3v) is 10.7. The van der Waals surface area contributed by atoms with Gasteiger partial charge in [-0.1, -0.05) is 103 Å². The average Bonchev–Trinajstić information content (AvgIpc) is 3.61. The lowest BCUT2D eigenvalue weighted by Gasteiger charge is -2.19. The van der Waals surface area contributed by atoms with Crippen LogP contribution in [0.2, 0.25) is 0 Å². The van der Waals surface area contributed by atoms with Crippen LogP contribution in [0.1, 0.15) is 22.3 Å². The molecule has 0 radical (unpaired) electrons. The van der Waals surface area contributed by atoms with E-state index in [4.69, 9.17) is 15.0 Å². The number of fused-ring (bicyclic) bond motifs is 3. The number of hydrogen-bond donors (Lipinski definition) is 0. The summed E-state index contributed by atoms with van der Waals surface area (Å²) >= 11 is 0. The Bertz CT molecular complexity index is 3170. The standard InChI is InChI=1S/C49H26F12N4/c50-46(51,52)32-17-20-35(39(26-32)49(59,60)61)30-16-19-38(45-63-43(27-9-3-1-4-10-27)62-44(64-45)28-11-5-2-6-12-28)42(24-30)65-40-14-8-7-13-36(40)37-18-15-29(23-41(37)65)31-21-33(47(53,54)55)25-34(22-31)48(56,57)58/h1-26H. The summed E-state index contributed by atoms with van der Waals surface area (Å²) in [7, 11) is 0. The zero-order chi connectivity index (χ0) is 46.1. The highest BCUT2D eigenvalue weighted by atomic mass is 19.4. The molecule has 0 saturated carbocycles. The van der Waals surface area contributed by atoms with Gasteiger partial charge in [0, 0.05) is 27.5 Å². The summed E-state index contributed by atoms with van der Waals surface area (Å²) in [5, 5.41) is 0.973. The summed E-state index contributed by atoms with van der Waals surface area (Å²) in [6.07, 6.45) is -20.7. The second-order valence-electron chi connectivity index (χ2n) is 14.9. The Hall–Kier alpha value is -7.49. The van der Waals surface area contributed by atoms with Crippen molar-refractivity contribution in [2.24, 2.45) is 0 Å². The topological polar surface area (TPSA) is 43.6 Å². The molecule has 16 heteroatoms. The van der Waals surface area contributed by atoms with Gasteiger partial charge in [0.1, 0.15) is 0 Å². The molecule has 0 aliphatic heterocycles. The molecule has 0 spiro atoms. The number of halogens is 12. The van der Waals surface area contributed by atoms with Crippen LogP contribution in [0, 0.1) is 0 Å². The summed E-state index contributed by atoms with van der Waals surface area (Å²) in [6, 6.07) is 34.8. The fourth-order valence-electron chi connectivity index (χ4n) is 7.74. The Morgan fingerprint density at radius 3 is 1.40 bits per heavy atom. The molecule has 0 aliphatic rings. The first-order valence-electron chi connectivity index (χ1n) is 19.4. The van der Waals surface area contributed by atoms with Crippen molar-refractivity contribution in [3.8, 4) is 62.1 Å². The summed E-state index contributed by atoms with van der Waals surface area (Å²) in [6.45, 7) is 0. The first-order valence-corrected chi connectivity index (χ1v) is 19.4. The van der Waals surface area contributed by atoms with Gasteiger partial charge in [-0.25, -0.2) is 15.0 Å². The van der Waals surface area contributed by atoms with Crippen molar-refractivity contribution in [3.63, 3.8) is 0 Å². The van der Waals surface area contributed by atoms with E-state index in [0.717, 1.165) is 0 Å². The van der Waals surface area contributed by atoms with Crippen LogP contribution in [0.15, 0.2) is 158 Å². The van der Waals surface area contributed by atoms with E-state index in [-0.39, 0.29) is 57.5 Å². The van der Waals surface area contributed by atoms with Crippen molar-refractivity contribution in [1.82, 2.24) is 19.5 Å². The van der Waals surface area contributed by atoms with Gasteiger partial charge in [0.25, 0.3) is 0 Å². The van der Waals surface area contributed by atoms with Crippen molar-refractivity contribution in [2.45, 2.75) is 24.7 Å². The highest BCUT2D eigenvalue weighted by molar-refractivity contribution is 6.11. The molecule has 0 aliphatic carbocycles. The molecule has 0 fully saturated rings. The molecule has 65 heavy (non-hydrogen) atoms. The molecule has 0 N–H and O–H groups in total. The highest BCUT2D eigenvalue weighted by Gasteiger charge is 2.39. The first-order chi connectivity index (χ1) is 30.7. The van der Waals surface area contributed by atoms with Crippen LogP contribution in [-0.2, 0) is 24.7 Å². The lowest BCUT2D eigenvalue weighted by Crippen LogP contribution is -2.12. The fourth-order valence-corrected chi connectivity index (χ4v) is 7.74. The van der Waals surface area contributed by atoms with E-state index in [0.29, 0.717) is 51.7 Å².